The molecule has 1 atom stereocenters. The van der Waals surface area contributed by atoms with Crippen LogP contribution in [-0.4, -0.2) is 58.1 Å². The van der Waals surface area contributed by atoms with Crippen LogP contribution in [0.4, 0.5) is 5.82 Å². The van der Waals surface area contributed by atoms with Gasteiger partial charge in [0.15, 0.2) is 5.82 Å². The van der Waals surface area contributed by atoms with Crippen molar-refractivity contribution in [1.82, 2.24) is 19.8 Å². The summed E-state index contributed by atoms with van der Waals surface area (Å²) in [5.41, 5.74) is 0. The molecule has 0 radical (unpaired) electrons. The van der Waals surface area contributed by atoms with Crippen LogP contribution < -0.4 is 5.32 Å². The highest BCUT2D eigenvalue weighted by molar-refractivity contribution is 5.89. The van der Waals surface area contributed by atoms with Gasteiger partial charge < -0.3 is 14.6 Å². The molecule has 23 heavy (non-hydrogen) atoms. The number of ether oxygens (including phenoxy) is 1. The lowest BCUT2D eigenvalue weighted by molar-refractivity contribution is -0.117. The van der Waals surface area contributed by atoms with Crippen molar-refractivity contribution in [1.29, 1.82) is 0 Å². The Morgan fingerprint density at radius 2 is 2.43 bits per heavy atom. The van der Waals surface area contributed by atoms with Crippen molar-refractivity contribution in [2.75, 3.05) is 31.6 Å². The molecular weight excluding hydrogens is 298 g/mol. The fourth-order valence-electron chi connectivity index (χ4n) is 2.60. The molecule has 3 rings (SSSR count). The molecule has 1 aliphatic heterocycles. The molecule has 124 valence electrons. The third-order valence-electron chi connectivity index (χ3n) is 3.72. The number of anilines is 1. The predicted octanol–water partition coefficient (Wildman–Crippen LogP) is 0.909. The van der Waals surface area contributed by atoms with Crippen molar-refractivity contribution < 1.29 is 14.1 Å². The van der Waals surface area contributed by atoms with Crippen LogP contribution in [0.5, 0.6) is 0 Å². The molecule has 8 heteroatoms. The Kier molecular flexibility index (Phi) is 5.04. The van der Waals surface area contributed by atoms with Crippen LogP contribution in [0.15, 0.2) is 29.0 Å². The van der Waals surface area contributed by atoms with Gasteiger partial charge in [0, 0.05) is 44.5 Å². The highest BCUT2D eigenvalue weighted by Gasteiger charge is 2.21. The Balaban J connectivity index is 1.41. The van der Waals surface area contributed by atoms with Crippen LogP contribution in [0.25, 0.3) is 0 Å². The van der Waals surface area contributed by atoms with E-state index in [1.54, 1.807) is 19.2 Å². The van der Waals surface area contributed by atoms with Crippen molar-refractivity contribution >= 4 is 11.7 Å². The molecule has 0 spiro atoms. The highest BCUT2D eigenvalue weighted by atomic mass is 16.5. The Morgan fingerprint density at radius 3 is 3.17 bits per heavy atom. The van der Waals surface area contributed by atoms with Crippen molar-refractivity contribution in [3.63, 3.8) is 0 Å². The second kappa shape index (κ2) is 7.38. The second-order valence-electron chi connectivity index (χ2n) is 5.64. The van der Waals surface area contributed by atoms with Gasteiger partial charge in [0.05, 0.1) is 19.3 Å². The summed E-state index contributed by atoms with van der Waals surface area (Å²) in [6.07, 6.45) is 4.21. The smallest absolute Gasteiger partial charge is 0.226 e. The second-order valence-corrected chi connectivity index (χ2v) is 5.64. The van der Waals surface area contributed by atoms with Gasteiger partial charge in [-0.3, -0.25) is 14.4 Å². The normalized spacial score (nSPS) is 18.9. The molecule has 1 saturated heterocycles. The lowest BCUT2D eigenvalue weighted by Gasteiger charge is -2.32. The summed E-state index contributed by atoms with van der Waals surface area (Å²) in [6, 6.07) is 3.60. The molecule has 0 aliphatic carbocycles. The zero-order valence-electron chi connectivity index (χ0n) is 13.1. The third-order valence-corrected chi connectivity index (χ3v) is 3.72. The summed E-state index contributed by atoms with van der Waals surface area (Å²) in [5, 5.41) is 10.7. The number of morpholine rings is 1. The topological polar surface area (TPSA) is 85.4 Å². The van der Waals surface area contributed by atoms with Crippen LogP contribution in [-0.2, 0) is 16.1 Å². The van der Waals surface area contributed by atoms with Crippen molar-refractivity contribution in [3.05, 3.63) is 30.3 Å². The molecule has 1 N–H and O–H groups in total. The zero-order chi connectivity index (χ0) is 16.1. The minimum absolute atomic E-state index is 0.0616. The van der Waals surface area contributed by atoms with Gasteiger partial charge in [0.2, 0.25) is 5.91 Å². The standard InChI is InChI=1S/C15H21N5O3/c1-12-9-14(18-23-12)17-15(21)3-6-19-7-8-22-13(10-19)11-20-5-2-4-16-20/h2,4-5,9,13H,3,6-8,10-11H2,1H3,(H,17,18,21)/t13-/m0/s1. The van der Waals surface area contributed by atoms with Gasteiger partial charge in [-0.25, -0.2) is 0 Å². The average Bonchev–Trinajstić information content (AvgIpc) is 3.18. The first-order valence-electron chi connectivity index (χ1n) is 7.73. The summed E-state index contributed by atoms with van der Waals surface area (Å²) >= 11 is 0. The Labute approximate surface area is 134 Å². The molecule has 0 unspecified atom stereocenters. The summed E-state index contributed by atoms with van der Waals surface area (Å²) in [6.45, 7) is 5.53. The first-order chi connectivity index (χ1) is 11.2. The molecule has 2 aromatic heterocycles. The van der Waals surface area contributed by atoms with Crippen LogP contribution in [0, 0.1) is 6.92 Å². The van der Waals surface area contributed by atoms with Gasteiger partial charge in [0.25, 0.3) is 0 Å². The van der Waals surface area contributed by atoms with E-state index in [2.05, 4.69) is 20.5 Å². The summed E-state index contributed by atoms with van der Waals surface area (Å²) in [7, 11) is 0. The van der Waals surface area contributed by atoms with E-state index in [-0.39, 0.29) is 12.0 Å². The summed E-state index contributed by atoms with van der Waals surface area (Å²) in [4.78, 5) is 14.2. The van der Waals surface area contributed by atoms with Gasteiger partial charge in [-0.1, -0.05) is 5.16 Å². The zero-order valence-corrected chi connectivity index (χ0v) is 13.1. The number of carbonyl (C=O) groups is 1. The maximum absolute atomic E-state index is 11.9. The molecule has 8 nitrogen and oxygen atoms in total. The van der Waals surface area contributed by atoms with E-state index in [0.717, 1.165) is 19.6 Å². The van der Waals surface area contributed by atoms with E-state index in [1.165, 1.54) is 0 Å². The van der Waals surface area contributed by atoms with E-state index in [4.69, 9.17) is 9.26 Å². The number of aromatic nitrogens is 3. The number of hydrogen-bond acceptors (Lipinski definition) is 6. The molecule has 2 aromatic rings. The number of hydrogen-bond donors (Lipinski definition) is 1. The number of rotatable bonds is 6. The van der Waals surface area contributed by atoms with E-state index in [1.807, 2.05) is 16.9 Å². The van der Waals surface area contributed by atoms with Gasteiger partial charge >= 0.3 is 0 Å². The Bertz CT molecular complexity index is 625. The van der Waals surface area contributed by atoms with Crippen molar-refractivity contribution in [2.45, 2.75) is 26.0 Å². The van der Waals surface area contributed by atoms with Crippen molar-refractivity contribution in [3.8, 4) is 0 Å². The van der Waals surface area contributed by atoms with E-state index in [0.29, 0.717) is 31.2 Å². The molecule has 1 fully saturated rings. The fourth-order valence-corrected chi connectivity index (χ4v) is 2.60. The van der Waals surface area contributed by atoms with Crippen LogP contribution in [0.2, 0.25) is 0 Å². The quantitative estimate of drug-likeness (QED) is 0.852. The number of nitrogens with one attached hydrogen (secondary N) is 1. The lowest BCUT2D eigenvalue weighted by atomic mass is 10.2. The van der Waals surface area contributed by atoms with Gasteiger partial charge in [0.1, 0.15) is 5.76 Å². The molecule has 0 bridgehead atoms. The number of nitrogens with zero attached hydrogens (tertiary/aromatic N) is 4. The largest absolute Gasteiger partial charge is 0.374 e. The maximum Gasteiger partial charge on any atom is 0.226 e. The van der Waals surface area contributed by atoms with E-state index < -0.39 is 0 Å². The molecule has 0 aromatic carbocycles. The minimum atomic E-state index is -0.0616. The van der Waals surface area contributed by atoms with Gasteiger partial charge in [-0.05, 0) is 13.0 Å². The Hall–Kier alpha value is -2.19. The SMILES string of the molecule is Cc1cc(NC(=O)CCN2CCO[C@H](Cn3cccn3)C2)no1. The number of carbonyl (C=O) groups excluding carboxylic acids is 1. The molecule has 3 heterocycles. The number of aryl methyl sites for hydroxylation is 1. The monoisotopic (exact) mass is 319 g/mol. The molecular formula is C15H21N5O3. The van der Waals surface area contributed by atoms with Crippen LogP contribution in [0.1, 0.15) is 12.2 Å². The van der Waals surface area contributed by atoms with Crippen molar-refractivity contribution in [2.24, 2.45) is 0 Å². The summed E-state index contributed by atoms with van der Waals surface area (Å²) < 4.78 is 12.6. The van der Waals surface area contributed by atoms with Gasteiger partial charge in [-0.15, -0.1) is 0 Å². The predicted molar refractivity (Wildman–Crippen MR) is 82.9 cm³/mol. The summed E-state index contributed by atoms with van der Waals surface area (Å²) in [5.74, 6) is 1.08. The van der Waals surface area contributed by atoms with Gasteiger partial charge in [-0.2, -0.15) is 5.10 Å². The van der Waals surface area contributed by atoms with E-state index >= 15 is 0 Å². The fraction of sp³-hybridized carbons (Fsp3) is 0.533. The maximum atomic E-state index is 11.9. The molecule has 1 amide bonds. The van der Waals surface area contributed by atoms with Crippen LogP contribution in [0.3, 0.4) is 0 Å². The number of amides is 1. The van der Waals surface area contributed by atoms with E-state index in [9.17, 15) is 4.79 Å². The first-order valence-corrected chi connectivity index (χ1v) is 7.73. The Morgan fingerprint density at radius 1 is 1.52 bits per heavy atom. The third kappa shape index (κ3) is 4.64. The molecule has 1 aliphatic rings. The lowest BCUT2D eigenvalue weighted by Crippen LogP contribution is -2.45. The minimum Gasteiger partial charge on any atom is -0.374 e. The highest BCUT2D eigenvalue weighted by Crippen LogP contribution is 2.10. The molecule has 0 saturated carbocycles. The average molecular weight is 319 g/mol. The first kappa shape index (κ1) is 15.7. The van der Waals surface area contributed by atoms with Crippen LogP contribution >= 0.6 is 0 Å².